The Labute approximate surface area is 106 Å². The van der Waals surface area contributed by atoms with E-state index in [0.717, 1.165) is 31.4 Å². The largest absolute Gasteiger partial charge is 0.398 e. The summed E-state index contributed by atoms with van der Waals surface area (Å²) in [4.78, 5) is -0.186. The number of nitrogens with two attached hydrogens (primary N) is 1. The van der Waals surface area contributed by atoms with Gasteiger partial charge in [0.05, 0.1) is 5.69 Å². The molecule has 1 fully saturated rings. The third-order valence-electron chi connectivity index (χ3n) is 3.46. The van der Waals surface area contributed by atoms with Crippen molar-refractivity contribution < 1.29 is 12.8 Å². The summed E-state index contributed by atoms with van der Waals surface area (Å²) in [7, 11) is -3.75. The molecule has 1 aromatic carbocycles. The summed E-state index contributed by atoms with van der Waals surface area (Å²) in [6, 6.07) is 3.21. The molecule has 0 heterocycles. The first-order valence-electron chi connectivity index (χ1n) is 5.97. The lowest BCUT2D eigenvalue weighted by molar-refractivity contribution is 0.260. The second-order valence-corrected chi connectivity index (χ2v) is 6.47. The summed E-state index contributed by atoms with van der Waals surface area (Å²) in [5.74, 6) is -0.240. The molecule has 0 bridgehead atoms. The number of rotatable bonds is 4. The molecule has 18 heavy (non-hydrogen) atoms. The van der Waals surface area contributed by atoms with E-state index in [4.69, 9.17) is 5.73 Å². The van der Waals surface area contributed by atoms with Crippen LogP contribution in [0.15, 0.2) is 23.1 Å². The normalized spacial score (nSPS) is 18.3. The van der Waals surface area contributed by atoms with E-state index in [1.54, 1.807) is 0 Å². The summed E-state index contributed by atoms with van der Waals surface area (Å²) < 4.78 is 39.9. The molecule has 6 heteroatoms. The van der Waals surface area contributed by atoms with Crippen LogP contribution in [0, 0.1) is 11.7 Å². The molecular weight excluding hydrogens is 255 g/mol. The SMILES string of the molecule is CC(NS(=O)(=O)c1cc(F)ccc1N)C1CCC1. The zero-order valence-corrected chi connectivity index (χ0v) is 11.0. The molecular formula is C12H17FN2O2S. The van der Waals surface area contributed by atoms with Crippen molar-refractivity contribution in [3.63, 3.8) is 0 Å². The number of benzene rings is 1. The minimum Gasteiger partial charge on any atom is -0.398 e. The average molecular weight is 272 g/mol. The van der Waals surface area contributed by atoms with Gasteiger partial charge >= 0.3 is 0 Å². The first-order chi connectivity index (χ1) is 8.40. The molecule has 1 aromatic rings. The van der Waals surface area contributed by atoms with Crippen molar-refractivity contribution in [3.8, 4) is 0 Å². The quantitative estimate of drug-likeness (QED) is 0.822. The Balaban J connectivity index is 2.21. The lowest BCUT2D eigenvalue weighted by atomic mass is 9.81. The number of hydrogen-bond donors (Lipinski definition) is 2. The smallest absolute Gasteiger partial charge is 0.242 e. The maximum Gasteiger partial charge on any atom is 0.242 e. The van der Waals surface area contributed by atoms with Gasteiger partial charge in [-0.05, 0) is 43.9 Å². The highest BCUT2D eigenvalue weighted by atomic mass is 32.2. The van der Waals surface area contributed by atoms with Crippen molar-refractivity contribution in [2.75, 3.05) is 5.73 Å². The van der Waals surface area contributed by atoms with Gasteiger partial charge in [0.1, 0.15) is 10.7 Å². The maximum atomic E-state index is 13.1. The lowest BCUT2D eigenvalue weighted by Crippen LogP contribution is -2.40. The van der Waals surface area contributed by atoms with Crippen LogP contribution in [0.1, 0.15) is 26.2 Å². The minimum absolute atomic E-state index is 0.0599. The van der Waals surface area contributed by atoms with E-state index in [1.807, 2.05) is 6.92 Å². The van der Waals surface area contributed by atoms with Gasteiger partial charge in [0, 0.05) is 6.04 Å². The predicted molar refractivity (Wildman–Crippen MR) is 67.9 cm³/mol. The number of sulfonamides is 1. The van der Waals surface area contributed by atoms with E-state index in [-0.39, 0.29) is 16.6 Å². The number of hydrogen-bond acceptors (Lipinski definition) is 3. The summed E-state index contributed by atoms with van der Waals surface area (Å²) >= 11 is 0. The molecule has 0 spiro atoms. The molecule has 0 aliphatic heterocycles. The third kappa shape index (κ3) is 2.64. The van der Waals surface area contributed by atoms with E-state index >= 15 is 0 Å². The molecule has 1 unspecified atom stereocenters. The van der Waals surface area contributed by atoms with E-state index in [9.17, 15) is 12.8 Å². The second-order valence-electron chi connectivity index (χ2n) is 4.78. The van der Waals surface area contributed by atoms with Gasteiger partial charge in [0.2, 0.25) is 10.0 Å². The monoisotopic (exact) mass is 272 g/mol. The number of nitrogen functional groups attached to an aromatic ring is 1. The van der Waals surface area contributed by atoms with Gasteiger partial charge in [-0.1, -0.05) is 6.42 Å². The van der Waals surface area contributed by atoms with Crippen LogP contribution in [0.25, 0.3) is 0 Å². The minimum atomic E-state index is -3.75. The highest BCUT2D eigenvalue weighted by molar-refractivity contribution is 7.89. The highest BCUT2D eigenvalue weighted by Gasteiger charge is 2.28. The van der Waals surface area contributed by atoms with Crippen molar-refractivity contribution in [1.29, 1.82) is 0 Å². The zero-order valence-electron chi connectivity index (χ0n) is 10.2. The standard InChI is InChI=1S/C12H17FN2O2S/c1-8(9-3-2-4-9)15-18(16,17)12-7-10(13)5-6-11(12)14/h5-9,15H,2-4,14H2,1H3. The second kappa shape index (κ2) is 4.85. The van der Waals surface area contributed by atoms with Crippen LogP contribution >= 0.6 is 0 Å². The number of anilines is 1. The molecule has 1 atom stereocenters. The molecule has 0 amide bonds. The topological polar surface area (TPSA) is 72.2 Å². The Morgan fingerprint density at radius 2 is 2.11 bits per heavy atom. The van der Waals surface area contributed by atoms with Crippen molar-refractivity contribution in [2.24, 2.45) is 5.92 Å². The van der Waals surface area contributed by atoms with Gasteiger partial charge in [-0.3, -0.25) is 0 Å². The van der Waals surface area contributed by atoms with Crippen LogP contribution in [0.5, 0.6) is 0 Å². The van der Waals surface area contributed by atoms with Crippen LogP contribution in [-0.4, -0.2) is 14.5 Å². The molecule has 4 nitrogen and oxygen atoms in total. The van der Waals surface area contributed by atoms with Crippen LogP contribution in [0.3, 0.4) is 0 Å². The van der Waals surface area contributed by atoms with Gasteiger partial charge in [0.25, 0.3) is 0 Å². The molecule has 3 N–H and O–H groups in total. The first kappa shape index (κ1) is 13.3. The molecule has 100 valence electrons. The number of halogens is 1. The molecule has 0 saturated heterocycles. The maximum absolute atomic E-state index is 13.1. The first-order valence-corrected chi connectivity index (χ1v) is 7.46. The lowest BCUT2D eigenvalue weighted by Gasteiger charge is -2.31. The van der Waals surface area contributed by atoms with Crippen molar-refractivity contribution in [1.82, 2.24) is 4.72 Å². The van der Waals surface area contributed by atoms with Crippen LogP contribution in [0.2, 0.25) is 0 Å². The van der Waals surface area contributed by atoms with Crippen LogP contribution < -0.4 is 10.5 Å². The van der Waals surface area contributed by atoms with Gasteiger partial charge < -0.3 is 5.73 Å². The van der Waals surface area contributed by atoms with Gasteiger partial charge in [0.15, 0.2) is 0 Å². The van der Waals surface area contributed by atoms with Crippen molar-refractivity contribution in [3.05, 3.63) is 24.0 Å². The van der Waals surface area contributed by atoms with E-state index in [1.165, 1.54) is 6.07 Å². The summed E-state index contributed by atoms with van der Waals surface area (Å²) in [5.41, 5.74) is 5.65. The highest BCUT2D eigenvalue weighted by Crippen LogP contribution is 2.30. The molecule has 0 aromatic heterocycles. The molecule has 1 aliphatic carbocycles. The van der Waals surface area contributed by atoms with Crippen molar-refractivity contribution in [2.45, 2.75) is 37.1 Å². The van der Waals surface area contributed by atoms with E-state index in [0.29, 0.717) is 5.92 Å². The fraction of sp³-hybridized carbons (Fsp3) is 0.500. The Bertz CT molecular complexity index is 541. The van der Waals surface area contributed by atoms with Gasteiger partial charge in [-0.15, -0.1) is 0 Å². The molecule has 2 rings (SSSR count). The Morgan fingerprint density at radius 3 is 2.67 bits per heavy atom. The fourth-order valence-corrected chi connectivity index (χ4v) is 3.54. The van der Waals surface area contributed by atoms with E-state index < -0.39 is 15.8 Å². The van der Waals surface area contributed by atoms with Gasteiger partial charge in [-0.25, -0.2) is 17.5 Å². The molecule has 0 radical (unpaired) electrons. The van der Waals surface area contributed by atoms with Crippen LogP contribution in [0.4, 0.5) is 10.1 Å². The Morgan fingerprint density at radius 1 is 1.44 bits per heavy atom. The zero-order chi connectivity index (χ0) is 13.3. The fourth-order valence-electron chi connectivity index (χ4n) is 2.09. The molecule has 1 saturated carbocycles. The Hall–Kier alpha value is -1.14. The summed E-state index contributed by atoms with van der Waals surface area (Å²) in [6.45, 7) is 1.83. The average Bonchev–Trinajstić information content (AvgIpc) is 2.17. The van der Waals surface area contributed by atoms with Crippen LogP contribution in [-0.2, 0) is 10.0 Å². The van der Waals surface area contributed by atoms with Gasteiger partial charge in [-0.2, -0.15) is 0 Å². The summed E-state index contributed by atoms with van der Waals surface area (Å²) in [5, 5.41) is 0. The number of nitrogens with one attached hydrogen (secondary N) is 1. The predicted octanol–water partition coefficient (Wildman–Crippen LogP) is 1.87. The summed E-state index contributed by atoms with van der Waals surface area (Å²) in [6.07, 6.45) is 3.20. The van der Waals surface area contributed by atoms with Crippen molar-refractivity contribution >= 4 is 15.7 Å². The third-order valence-corrected chi connectivity index (χ3v) is 5.08. The molecule has 1 aliphatic rings. The van der Waals surface area contributed by atoms with E-state index in [2.05, 4.69) is 4.72 Å². The Kier molecular flexibility index (Phi) is 3.59.